The highest BCUT2D eigenvalue weighted by molar-refractivity contribution is 9.10. The molecule has 2 aromatic rings. The Bertz CT molecular complexity index is 705. The van der Waals surface area contributed by atoms with Gasteiger partial charge in [-0.2, -0.15) is 5.26 Å². The summed E-state index contributed by atoms with van der Waals surface area (Å²) in [4.78, 5) is 2.33. The molecule has 0 aliphatic rings. The number of hydrogen-bond acceptors (Lipinski definition) is 2. The van der Waals surface area contributed by atoms with Crippen LogP contribution in [0.15, 0.2) is 59.1 Å². The third kappa shape index (κ3) is 4.93. The molecule has 2 nitrogen and oxygen atoms in total. The van der Waals surface area contributed by atoms with Crippen LogP contribution >= 0.6 is 15.9 Å². The highest BCUT2D eigenvalue weighted by atomic mass is 79.9. The van der Waals surface area contributed by atoms with Gasteiger partial charge < -0.3 is 4.90 Å². The average molecular weight is 399 g/mol. The van der Waals surface area contributed by atoms with E-state index < -0.39 is 5.41 Å². The Morgan fingerprint density at radius 1 is 1.08 bits per heavy atom. The van der Waals surface area contributed by atoms with Crippen molar-refractivity contribution in [2.75, 3.05) is 13.6 Å². The summed E-state index contributed by atoms with van der Waals surface area (Å²) in [6, 6.07) is 21.3. The van der Waals surface area contributed by atoms with Crippen molar-refractivity contribution in [2.24, 2.45) is 5.92 Å². The zero-order valence-corrected chi connectivity index (χ0v) is 17.0. The van der Waals surface area contributed by atoms with E-state index in [1.807, 2.05) is 24.3 Å². The summed E-state index contributed by atoms with van der Waals surface area (Å²) < 4.78 is 1.03. The predicted octanol–water partition coefficient (Wildman–Crippen LogP) is 5.78. The predicted molar refractivity (Wildman–Crippen MR) is 108 cm³/mol. The van der Waals surface area contributed by atoms with E-state index in [4.69, 9.17) is 0 Å². The summed E-state index contributed by atoms with van der Waals surface area (Å²) in [5.41, 5.74) is 1.98. The number of hydrogen-bond donors (Lipinski definition) is 0. The van der Waals surface area contributed by atoms with Gasteiger partial charge in [0, 0.05) is 11.0 Å². The summed E-state index contributed by atoms with van der Waals surface area (Å²) in [7, 11) is 2.15. The summed E-state index contributed by atoms with van der Waals surface area (Å²) in [6.07, 6.45) is 1.86. The van der Waals surface area contributed by atoms with E-state index in [1.165, 1.54) is 5.56 Å². The molecular formula is C22H27BrN2. The molecule has 0 amide bonds. The Labute approximate surface area is 160 Å². The first-order valence-corrected chi connectivity index (χ1v) is 9.67. The fourth-order valence-electron chi connectivity index (χ4n) is 3.40. The molecule has 0 aliphatic heterocycles. The summed E-state index contributed by atoms with van der Waals surface area (Å²) in [5, 5.41) is 10.0. The summed E-state index contributed by atoms with van der Waals surface area (Å²) in [6.45, 7) is 6.22. The maximum absolute atomic E-state index is 10.0. The second-order valence-electron chi connectivity index (χ2n) is 7.04. The molecule has 0 N–H and O–H groups in total. The van der Waals surface area contributed by atoms with Crippen molar-refractivity contribution in [1.29, 1.82) is 5.26 Å². The molecule has 0 spiro atoms. The summed E-state index contributed by atoms with van der Waals surface area (Å²) >= 11 is 3.64. The van der Waals surface area contributed by atoms with E-state index in [1.54, 1.807) is 0 Å². The SMILES string of the molecule is CC(C)C(C#N)(CCCN(C)Cc1ccccc1)c1ccccc1Br. The molecule has 1 atom stereocenters. The van der Waals surface area contributed by atoms with Gasteiger partial charge in [0.15, 0.2) is 0 Å². The van der Waals surface area contributed by atoms with Crippen molar-refractivity contribution in [2.45, 2.75) is 38.6 Å². The van der Waals surface area contributed by atoms with Gasteiger partial charge in [-0.15, -0.1) is 0 Å². The monoisotopic (exact) mass is 398 g/mol. The molecule has 0 fully saturated rings. The molecule has 25 heavy (non-hydrogen) atoms. The molecule has 3 heteroatoms. The minimum Gasteiger partial charge on any atom is -0.302 e. The van der Waals surface area contributed by atoms with Crippen LogP contribution in [0, 0.1) is 17.2 Å². The van der Waals surface area contributed by atoms with Crippen LogP contribution in [0.5, 0.6) is 0 Å². The van der Waals surface area contributed by atoms with E-state index in [9.17, 15) is 5.26 Å². The molecule has 0 saturated heterocycles. The highest BCUT2D eigenvalue weighted by Crippen LogP contribution is 2.40. The second-order valence-corrected chi connectivity index (χ2v) is 7.90. The van der Waals surface area contributed by atoms with Crippen molar-refractivity contribution in [1.82, 2.24) is 4.90 Å². The molecule has 1 unspecified atom stereocenters. The summed E-state index contributed by atoms with van der Waals surface area (Å²) in [5.74, 6) is 0.260. The lowest BCUT2D eigenvalue weighted by molar-refractivity contribution is 0.286. The Morgan fingerprint density at radius 2 is 1.72 bits per heavy atom. The lowest BCUT2D eigenvalue weighted by atomic mass is 9.70. The zero-order valence-electron chi connectivity index (χ0n) is 15.4. The van der Waals surface area contributed by atoms with Gasteiger partial charge in [0.2, 0.25) is 0 Å². The maximum Gasteiger partial charge on any atom is 0.0856 e. The van der Waals surface area contributed by atoms with Crippen LogP contribution in [-0.4, -0.2) is 18.5 Å². The van der Waals surface area contributed by atoms with Gasteiger partial charge in [0.1, 0.15) is 0 Å². The van der Waals surface area contributed by atoms with Crippen LogP contribution in [0.25, 0.3) is 0 Å². The van der Waals surface area contributed by atoms with E-state index in [-0.39, 0.29) is 5.92 Å². The van der Waals surface area contributed by atoms with Crippen LogP contribution in [0.3, 0.4) is 0 Å². The maximum atomic E-state index is 10.0. The highest BCUT2D eigenvalue weighted by Gasteiger charge is 2.36. The van der Waals surface area contributed by atoms with E-state index in [0.717, 1.165) is 36.0 Å². The first kappa shape index (κ1) is 19.7. The number of halogens is 1. The van der Waals surface area contributed by atoms with Crippen molar-refractivity contribution in [3.05, 3.63) is 70.2 Å². The largest absolute Gasteiger partial charge is 0.302 e. The van der Waals surface area contributed by atoms with Gasteiger partial charge in [-0.25, -0.2) is 0 Å². The van der Waals surface area contributed by atoms with Crippen molar-refractivity contribution in [3.8, 4) is 6.07 Å². The molecular weight excluding hydrogens is 372 g/mol. The Balaban J connectivity index is 2.04. The minimum atomic E-state index is -0.451. The smallest absolute Gasteiger partial charge is 0.0856 e. The third-order valence-electron chi connectivity index (χ3n) is 4.95. The fraction of sp³-hybridized carbons (Fsp3) is 0.409. The zero-order chi connectivity index (χ0) is 18.3. The van der Waals surface area contributed by atoms with Crippen molar-refractivity contribution >= 4 is 15.9 Å². The topological polar surface area (TPSA) is 27.0 Å². The Kier molecular flexibility index (Phi) is 7.23. The lowest BCUT2D eigenvalue weighted by Crippen LogP contribution is -2.32. The fourth-order valence-corrected chi connectivity index (χ4v) is 4.04. The lowest BCUT2D eigenvalue weighted by Gasteiger charge is -2.33. The van der Waals surface area contributed by atoms with Crippen LogP contribution in [0.4, 0.5) is 0 Å². The Hall–Kier alpha value is -1.63. The third-order valence-corrected chi connectivity index (χ3v) is 5.64. The Morgan fingerprint density at radius 3 is 2.32 bits per heavy atom. The van der Waals surface area contributed by atoms with Crippen molar-refractivity contribution in [3.63, 3.8) is 0 Å². The number of nitrogens with zero attached hydrogens (tertiary/aromatic N) is 2. The van der Waals surface area contributed by atoms with E-state index in [0.29, 0.717) is 0 Å². The van der Waals surface area contributed by atoms with Gasteiger partial charge in [-0.3, -0.25) is 0 Å². The number of rotatable bonds is 8. The average Bonchev–Trinajstić information content (AvgIpc) is 2.60. The molecule has 0 saturated carbocycles. The molecule has 0 bridgehead atoms. The van der Waals surface area contributed by atoms with Crippen LogP contribution < -0.4 is 0 Å². The molecule has 0 aliphatic carbocycles. The first-order valence-electron chi connectivity index (χ1n) is 8.88. The second kappa shape index (κ2) is 9.17. The standard InChI is InChI=1S/C22H27BrN2/c1-18(2)22(17-24,20-12-7-8-13-21(20)23)14-9-15-25(3)16-19-10-5-4-6-11-19/h4-8,10-13,18H,9,14-16H2,1-3H3. The van der Waals surface area contributed by atoms with Gasteiger partial charge in [-0.05, 0) is 49.5 Å². The van der Waals surface area contributed by atoms with Gasteiger partial charge in [0.05, 0.1) is 11.5 Å². The number of nitriles is 1. The molecule has 0 aromatic heterocycles. The van der Waals surface area contributed by atoms with Crippen molar-refractivity contribution < 1.29 is 0 Å². The van der Waals surface area contributed by atoms with E-state index in [2.05, 4.69) is 78.1 Å². The molecule has 2 rings (SSSR count). The molecule has 132 valence electrons. The van der Waals surface area contributed by atoms with Gasteiger partial charge in [-0.1, -0.05) is 78.3 Å². The van der Waals surface area contributed by atoms with Crippen LogP contribution in [0.1, 0.15) is 37.8 Å². The number of benzene rings is 2. The minimum absolute atomic E-state index is 0.260. The molecule has 0 radical (unpaired) electrons. The van der Waals surface area contributed by atoms with E-state index >= 15 is 0 Å². The normalized spacial score (nSPS) is 13.6. The van der Waals surface area contributed by atoms with Gasteiger partial charge >= 0.3 is 0 Å². The first-order chi connectivity index (χ1) is 12.0. The van der Waals surface area contributed by atoms with Gasteiger partial charge in [0.25, 0.3) is 0 Å². The molecule has 0 heterocycles. The van der Waals surface area contributed by atoms with Crippen LogP contribution in [0.2, 0.25) is 0 Å². The quantitative estimate of drug-likeness (QED) is 0.563. The molecule has 2 aromatic carbocycles. The van der Waals surface area contributed by atoms with Crippen LogP contribution in [-0.2, 0) is 12.0 Å².